The molecule has 1 saturated heterocycles. The molecule has 1 heterocycles. The summed E-state index contributed by atoms with van der Waals surface area (Å²) in [5, 5.41) is 11.6. The second kappa shape index (κ2) is 10.6. The number of carbonyl (C=O) groups excluding carboxylic acids is 2. The molecule has 1 saturated carbocycles. The zero-order chi connectivity index (χ0) is 26.9. The number of nitrogens with zero attached hydrogens (tertiary/aromatic N) is 1. The van der Waals surface area contributed by atoms with Crippen LogP contribution in [0.2, 0.25) is 0 Å². The molecule has 0 spiro atoms. The molecule has 0 bridgehead atoms. The van der Waals surface area contributed by atoms with Crippen LogP contribution in [0.5, 0.6) is 11.5 Å². The summed E-state index contributed by atoms with van der Waals surface area (Å²) in [5.41, 5.74) is 2.10. The van der Waals surface area contributed by atoms with Gasteiger partial charge in [0.25, 0.3) is 11.7 Å². The Balaban J connectivity index is 1.85. The van der Waals surface area contributed by atoms with E-state index in [2.05, 4.69) is 20.8 Å². The Morgan fingerprint density at radius 3 is 2.27 bits per heavy atom. The molecule has 2 aromatic rings. The maximum Gasteiger partial charge on any atom is 0.295 e. The molecule has 1 atom stereocenters. The van der Waals surface area contributed by atoms with Crippen molar-refractivity contribution < 1.29 is 24.2 Å². The Morgan fingerprint density at radius 1 is 1.05 bits per heavy atom. The van der Waals surface area contributed by atoms with Crippen LogP contribution in [0.3, 0.4) is 0 Å². The summed E-state index contributed by atoms with van der Waals surface area (Å²) in [6.07, 6.45) is 3.79. The quantitative estimate of drug-likeness (QED) is 0.263. The minimum atomic E-state index is -0.652. The number of hydrogen-bond donors (Lipinski definition) is 1. The minimum absolute atomic E-state index is 0.0243. The predicted octanol–water partition coefficient (Wildman–Crippen LogP) is 6.53. The molecule has 2 aliphatic rings. The van der Waals surface area contributed by atoms with Gasteiger partial charge in [0, 0.05) is 17.2 Å². The van der Waals surface area contributed by atoms with Crippen molar-refractivity contribution in [1.82, 2.24) is 4.90 Å². The molecule has 2 aromatic carbocycles. The smallest absolute Gasteiger partial charge is 0.295 e. The number of benzene rings is 2. The predicted molar refractivity (Wildman–Crippen MR) is 145 cm³/mol. The van der Waals surface area contributed by atoms with E-state index in [0.717, 1.165) is 48.3 Å². The molecule has 2 fully saturated rings. The van der Waals surface area contributed by atoms with Crippen molar-refractivity contribution in [3.63, 3.8) is 0 Å². The van der Waals surface area contributed by atoms with Crippen molar-refractivity contribution in [2.45, 2.75) is 90.8 Å². The second-order valence-corrected chi connectivity index (χ2v) is 11.3. The third-order valence-corrected chi connectivity index (χ3v) is 7.13. The molecule has 37 heavy (non-hydrogen) atoms. The highest BCUT2D eigenvalue weighted by atomic mass is 16.5. The van der Waals surface area contributed by atoms with Gasteiger partial charge in [0.1, 0.15) is 17.3 Å². The molecule has 6 heteroatoms. The van der Waals surface area contributed by atoms with Gasteiger partial charge in [-0.1, -0.05) is 45.7 Å². The number of aliphatic hydroxyl groups is 1. The number of aliphatic hydroxyl groups excluding tert-OH is 1. The van der Waals surface area contributed by atoms with Crippen LogP contribution in [-0.4, -0.2) is 40.4 Å². The average molecular weight is 506 g/mol. The van der Waals surface area contributed by atoms with Crippen molar-refractivity contribution in [2.24, 2.45) is 0 Å². The van der Waals surface area contributed by atoms with Crippen LogP contribution in [0, 0.1) is 0 Å². The lowest BCUT2D eigenvalue weighted by Gasteiger charge is -2.31. The first-order valence-electron chi connectivity index (χ1n) is 13.4. The first kappa shape index (κ1) is 26.8. The highest BCUT2D eigenvalue weighted by Gasteiger charge is 2.49. The maximum atomic E-state index is 13.5. The highest BCUT2D eigenvalue weighted by molar-refractivity contribution is 6.46. The van der Waals surface area contributed by atoms with Crippen molar-refractivity contribution in [3.05, 3.63) is 64.7 Å². The summed E-state index contributed by atoms with van der Waals surface area (Å²) < 4.78 is 11.6. The van der Waals surface area contributed by atoms with Crippen molar-refractivity contribution in [3.8, 4) is 11.5 Å². The minimum Gasteiger partial charge on any atom is -0.507 e. The third-order valence-electron chi connectivity index (χ3n) is 7.13. The first-order valence-corrected chi connectivity index (χ1v) is 13.4. The monoisotopic (exact) mass is 505 g/mol. The van der Waals surface area contributed by atoms with Gasteiger partial charge in [-0.05, 0) is 74.9 Å². The maximum absolute atomic E-state index is 13.5. The molecule has 0 aromatic heterocycles. The van der Waals surface area contributed by atoms with E-state index in [9.17, 15) is 14.7 Å². The molecular formula is C31H39NO5. The summed E-state index contributed by atoms with van der Waals surface area (Å²) in [6, 6.07) is 12.3. The standard InChI is InChI=1S/C31H39NO5/c1-7-36-25-17-14-21(18-24(25)31(4,5)6)28(33)26-27(20-12-15-23(16-13-20)37-19(2)3)32(30(35)29(26)34)22-10-8-9-11-22/h12-19,22,27,33H,7-11H2,1-6H3/b28-26-. The van der Waals surface area contributed by atoms with Crippen LogP contribution in [-0.2, 0) is 15.0 Å². The topological polar surface area (TPSA) is 76.1 Å². The van der Waals surface area contributed by atoms with Gasteiger partial charge >= 0.3 is 0 Å². The molecule has 198 valence electrons. The van der Waals surface area contributed by atoms with Gasteiger partial charge in [-0.3, -0.25) is 9.59 Å². The van der Waals surface area contributed by atoms with Crippen LogP contribution < -0.4 is 9.47 Å². The summed E-state index contributed by atoms with van der Waals surface area (Å²) in [5.74, 6) is 0.138. The molecule has 4 rings (SSSR count). The van der Waals surface area contributed by atoms with E-state index >= 15 is 0 Å². The van der Waals surface area contributed by atoms with Crippen molar-refractivity contribution in [1.29, 1.82) is 0 Å². The molecule has 1 unspecified atom stereocenters. The Labute approximate surface area is 220 Å². The zero-order valence-electron chi connectivity index (χ0n) is 22.8. The molecular weight excluding hydrogens is 466 g/mol. The number of amides is 1. The lowest BCUT2D eigenvalue weighted by Crippen LogP contribution is -2.37. The van der Waals surface area contributed by atoms with Gasteiger partial charge in [0.15, 0.2) is 0 Å². The van der Waals surface area contributed by atoms with E-state index in [4.69, 9.17) is 9.47 Å². The average Bonchev–Trinajstić information content (AvgIpc) is 3.45. The van der Waals surface area contributed by atoms with Gasteiger partial charge in [-0.2, -0.15) is 0 Å². The summed E-state index contributed by atoms with van der Waals surface area (Å²) in [4.78, 5) is 28.6. The largest absolute Gasteiger partial charge is 0.507 e. The van der Waals surface area contributed by atoms with Crippen LogP contribution in [0.15, 0.2) is 48.0 Å². The van der Waals surface area contributed by atoms with Gasteiger partial charge in [0.05, 0.1) is 24.3 Å². The van der Waals surface area contributed by atoms with Gasteiger partial charge < -0.3 is 19.5 Å². The summed E-state index contributed by atoms with van der Waals surface area (Å²) >= 11 is 0. The SMILES string of the molecule is CCOc1ccc(/C(O)=C2/C(=O)C(=O)N(C3CCCC3)C2c2ccc(OC(C)C)cc2)cc1C(C)(C)C. The van der Waals surface area contributed by atoms with Crippen molar-refractivity contribution >= 4 is 17.4 Å². The molecule has 1 N–H and O–H groups in total. The number of ether oxygens (including phenoxy) is 2. The lowest BCUT2D eigenvalue weighted by atomic mass is 9.84. The first-order chi connectivity index (χ1) is 17.5. The number of carbonyl (C=O) groups is 2. The molecule has 0 radical (unpaired) electrons. The van der Waals surface area contributed by atoms with Crippen molar-refractivity contribution in [2.75, 3.05) is 6.61 Å². The van der Waals surface area contributed by atoms with E-state index in [1.165, 1.54) is 0 Å². The molecule has 1 aliphatic carbocycles. The molecule has 1 aliphatic heterocycles. The normalized spacial score (nSPS) is 20.2. The number of hydrogen-bond acceptors (Lipinski definition) is 5. The second-order valence-electron chi connectivity index (χ2n) is 11.3. The van der Waals surface area contributed by atoms with E-state index < -0.39 is 17.7 Å². The fraction of sp³-hybridized carbons (Fsp3) is 0.484. The van der Waals surface area contributed by atoms with E-state index in [-0.39, 0.29) is 28.9 Å². The number of rotatable bonds is 7. The van der Waals surface area contributed by atoms with Crippen LogP contribution in [0.25, 0.3) is 5.76 Å². The van der Waals surface area contributed by atoms with Crippen LogP contribution in [0.1, 0.15) is 90.0 Å². The Bertz CT molecular complexity index is 1180. The number of Topliss-reactive ketones (excluding diaryl/α,β-unsaturated/α-hetero) is 1. The van der Waals surface area contributed by atoms with E-state index in [1.54, 1.807) is 11.0 Å². The fourth-order valence-corrected chi connectivity index (χ4v) is 5.44. The van der Waals surface area contributed by atoms with Gasteiger partial charge in [-0.15, -0.1) is 0 Å². The lowest BCUT2D eigenvalue weighted by molar-refractivity contribution is -0.141. The Hall–Kier alpha value is -3.28. The summed E-state index contributed by atoms with van der Waals surface area (Å²) in [7, 11) is 0. The number of likely N-dealkylation sites (tertiary alicyclic amines) is 1. The van der Waals surface area contributed by atoms with Gasteiger partial charge in [0.2, 0.25) is 0 Å². The van der Waals surface area contributed by atoms with E-state index in [1.807, 2.05) is 57.2 Å². The van der Waals surface area contributed by atoms with Crippen LogP contribution in [0.4, 0.5) is 0 Å². The van der Waals surface area contributed by atoms with E-state index in [0.29, 0.717) is 12.2 Å². The Morgan fingerprint density at radius 2 is 1.70 bits per heavy atom. The molecule has 6 nitrogen and oxygen atoms in total. The fourth-order valence-electron chi connectivity index (χ4n) is 5.44. The van der Waals surface area contributed by atoms with Gasteiger partial charge in [-0.25, -0.2) is 0 Å². The summed E-state index contributed by atoms with van der Waals surface area (Å²) in [6.45, 7) is 12.6. The number of ketones is 1. The third kappa shape index (κ3) is 5.39. The zero-order valence-corrected chi connectivity index (χ0v) is 22.8. The van der Waals surface area contributed by atoms with Crippen LogP contribution >= 0.6 is 0 Å². The highest BCUT2D eigenvalue weighted by Crippen LogP contribution is 2.44. The molecule has 1 amide bonds. The Kier molecular flexibility index (Phi) is 7.67.